The molecule has 1 aromatic heterocycles. The van der Waals surface area contributed by atoms with Crippen molar-refractivity contribution in [3.63, 3.8) is 0 Å². The lowest BCUT2D eigenvalue weighted by Crippen LogP contribution is -2.14. The summed E-state index contributed by atoms with van der Waals surface area (Å²) in [4.78, 5) is 17.0. The van der Waals surface area contributed by atoms with Crippen LogP contribution in [0.1, 0.15) is 27.0 Å². The Labute approximate surface area is 144 Å². The van der Waals surface area contributed by atoms with Gasteiger partial charge < -0.3 is 15.8 Å². The lowest BCUT2D eigenvalue weighted by molar-refractivity contribution is 0.102. The normalized spacial score (nSPS) is 10.8. The van der Waals surface area contributed by atoms with Crippen molar-refractivity contribution in [1.82, 2.24) is 4.98 Å². The van der Waals surface area contributed by atoms with Crippen LogP contribution in [0.3, 0.4) is 0 Å². The van der Waals surface area contributed by atoms with Crippen LogP contribution in [0.15, 0.2) is 24.3 Å². The van der Waals surface area contributed by atoms with Gasteiger partial charge in [-0.3, -0.25) is 4.79 Å². The van der Waals surface area contributed by atoms with E-state index in [0.29, 0.717) is 22.0 Å². The number of fused-ring (bicyclic) bond motifs is 1. The standard InChI is InChI=1S/C18H19N3O2S/c1-9-5-10(2)15(11(3)6-9)20-17(22)12-7-13(23-4)16-14(8-12)24-18(19)21-16/h5-8H,1-4H3,(H2,19,21)(H,20,22). The van der Waals surface area contributed by atoms with Gasteiger partial charge in [-0.1, -0.05) is 29.0 Å². The van der Waals surface area contributed by atoms with Gasteiger partial charge in [0.05, 0.1) is 11.8 Å². The van der Waals surface area contributed by atoms with Gasteiger partial charge >= 0.3 is 0 Å². The second-order valence-electron chi connectivity index (χ2n) is 5.81. The lowest BCUT2D eigenvalue weighted by atomic mass is 10.0. The van der Waals surface area contributed by atoms with E-state index in [4.69, 9.17) is 10.5 Å². The number of aryl methyl sites for hydroxylation is 3. The summed E-state index contributed by atoms with van der Waals surface area (Å²) in [5.74, 6) is 0.361. The Morgan fingerprint density at radius 2 is 1.83 bits per heavy atom. The van der Waals surface area contributed by atoms with Crippen molar-refractivity contribution in [1.29, 1.82) is 0 Å². The number of amides is 1. The first-order valence-corrected chi connectivity index (χ1v) is 8.34. The summed E-state index contributed by atoms with van der Waals surface area (Å²) in [6, 6.07) is 7.59. The number of hydrogen-bond acceptors (Lipinski definition) is 5. The molecule has 3 rings (SSSR count). The van der Waals surface area contributed by atoms with Gasteiger partial charge in [0, 0.05) is 11.3 Å². The minimum atomic E-state index is -0.183. The molecule has 0 saturated heterocycles. The third kappa shape index (κ3) is 2.92. The number of carbonyl (C=O) groups is 1. The molecular weight excluding hydrogens is 322 g/mol. The average molecular weight is 341 g/mol. The van der Waals surface area contributed by atoms with Gasteiger partial charge in [0.15, 0.2) is 5.13 Å². The van der Waals surface area contributed by atoms with Gasteiger partial charge in [0.2, 0.25) is 0 Å². The Balaban J connectivity index is 2.00. The molecule has 3 aromatic rings. The number of anilines is 2. The van der Waals surface area contributed by atoms with E-state index in [2.05, 4.69) is 22.4 Å². The van der Waals surface area contributed by atoms with Crippen molar-refractivity contribution in [2.75, 3.05) is 18.2 Å². The molecular formula is C18H19N3O2S. The van der Waals surface area contributed by atoms with Crippen molar-refractivity contribution in [3.8, 4) is 5.75 Å². The SMILES string of the molecule is COc1cc(C(=O)Nc2c(C)cc(C)cc2C)cc2sc(N)nc12. The van der Waals surface area contributed by atoms with Crippen molar-refractivity contribution in [2.45, 2.75) is 20.8 Å². The molecule has 0 spiro atoms. The zero-order chi connectivity index (χ0) is 17.4. The first-order chi connectivity index (χ1) is 11.4. The lowest BCUT2D eigenvalue weighted by Gasteiger charge is -2.13. The minimum absolute atomic E-state index is 0.183. The molecule has 0 atom stereocenters. The number of nitrogens with two attached hydrogens (primary N) is 1. The van der Waals surface area contributed by atoms with Gasteiger partial charge in [-0.05, 0) is 44.0 Å². The van der Waals surface area contributed by atoms with Crippen LogP contribution >= 0.6 is 11.3 Å². The van der Waals surface area contributed by atoms with Crippen molar-refractivity contribution in [2.24, 2.45) is 0 Å². The number of methoxy groups -OCH3 is 1. The number of carbonyl (C=O) groups excluding carboxylic acids is 1. The third-order valence-corrected chi connectivity index (χ3v) is 4.71. The maximum Gasteiger partial charge on any atom is 0.255 e. The molecule has 0 radical (unpaired) electrons. The van der Waals surface area contributed by atoms with Crippen LogP contribution in [-0.4, -0.2) is 18.0 Å². The molecule has 0 saturated carbocycles. The number of nitrogens with zero attached hydrogens (tertiary/aromatic N) is 1. The summed E-state index contributed by atoms with van der Waals surface area (Å²) in [5, 5.41) is 3.45. The van der Waals surface area contributed by atoms with Crippen LogP contribution in [0.4, 0.5) is 10.8 Å². The molecule has 0 aliphatic heterocycles. The van der Waals surface area contributed by atoms with E-state index in [9.17, 15) is 4.79 Å². The fourth-order valence-corrected chi connectivity index (χ4v) is 3.66. The summed E-state index contributed by atoms with van der Waals surface area (Å²) in [7, 11) is 1.56. The van der Waals surface area contributed by atoms with Gasteiger partial charge in [0.1, 0.15) is 11.3 Å². The monoisotopic (exact) mass is 341 g/mol. The predicted octanol–water partition coefficient (Wildman–Crippen LogP) is 4.06. The minimum Gasteiger partial charge on any atom is -0.494 e. The molecule has 124 valence electrons. The zero-order valence-corrected chi connectivity index (χ0v) is 14.9. The highest BCUT2D eigenvalue weighted by Crippen LogP contribution is 2.33. The summed E-state index contributed by atoms with van der Waals surface area (Å²) in [6.07, 6.45) is 0. The second kappa shape index (κ2) is 6.13. The highest BCUT2D eigenvalue weighted by molar-refractivity contribution is 7.22. The highest BCUT2D eigenvalue weighted by Gasteiger charge is 2.15. The Kier molecular flexibility index (Phi) is 4.15. The van der Waals surface area contributed by atoms with E-state index in [-0.39, 0.29) is 5.91 Å². The van der Waals surface area contributed by atoms with E-state index < -0.39 is 0 Å². The summed E-state index contributed by atoms with van der Waals surface area (Å²) < 4.78 is 6.18. The molecule has 24 heavy (non-hydrogen) atoms. The molecule has 2 aromatic carbocycles. The van der Waals surface area contributed by atoms with E-state index in [0.717, 1.165) is 21.5 Å². The average Bonchev–Trinajstić information content (AvgIpc) is 2.89. The van der Waals surface area contributed by atoms with Crippen LogP contribution < -0.4 is 15.8 Å². The molecule has 5 nitrogen and oxygen atoms in total. The second-order valence-corrected chi connectivity index (χ2v) is 6.87. The Morgan fingerprint density at radius 3 is 2.46 bits per heavy atom. The van der Waals surface area contributed by atoms with Crippen LogP contribution in [0.5, 0.6) is 5.75 Å². The molecule has 3 N–H and O–H groups in total. The topological polar surface area (TPSA) is 77.2 Å². The zero-order valence-electron chi connectivity index (χ0n) is 14.1. The first kappa shape index (κ1) is 16.3. The Hall–Kier alpha value is -2.60. The van der Waals surface area contributed by atoms with E-state index in [1.54, 1.807) is 19.2 Å². The number of benzene rings is 2. The maximum atomic E-state index is 12.7. The van der Waals surface area contributed by atoms with Gasteiger partial charge in [-0.25, -0.2) is 4.98 Å². The molecule has 0 bridgehead atoms. The molecule has 0 unspecified atom stereocenters. The molecule has 0 aliphatic rings. The molecule has 6 heteroatoms. The number of ether oxygens (including phenoxy) is 1. The van der Waals surface area contributed by atoms with E-state index in [1.807, 2.05) is 20.8 Å². The van der Waals surface area contributed by atoms with Gasteiger partial charge in [-0.15, -0.1) is 0 Å². The number of thiazole rings is 1. The summed E-state index contributed by atoms with van der Waals surface area (Å²) in [6.45, 7) is 6.02. The predicted molar refractivity (Wildman–Crippen MR) is 99.2 cm³/mol. The maximum absolute atomic E-state index is 12.7. The number of nitrogens with one attached hydrogen (secondary N) is 1. The summed E-state index contributed by atoms with van der Waals surface area (Å²) in [5.41, 5.74) is 11.1. The van der Waals surface area contributed by atoms with E-state index in [1.165, 1.54) is 16.9 Å². The van der Waals surface area contributed by atoms with Crippen LogP contribution in [0.25, 0.3) is 10.2 Å². The molecule has 1 heterocycles. The smallest absolute Gasteiger partial charge is 0.255 e. The number of rotatable bonds is 3. The van der Waals surface area contributed by atoms with Crippen molar-refractivity contribution < 1.29 is 9.53 Å². The quantitative estimate of drug-likeness (QED) is 0.753. The van der Waals surface area contributed by atoms with Crippen molar-refractivity contribution in [3.05, 3.63) is 46.5 Å². The molecule has 0 aliphatic carbocycles. The van der Waals surface area contributed by atoms with E-state index >= 15 is 0 Å². The third-order valence-electron chi connectivity index (χ3n) is 3.87. The Bertz CT molecular complexity index is 924. The first-order valence-electron chi connectivity index (χ1n) is 7.52. The fraction of sp³-hybridized carbons (Fsp3) is 0.222. The van der Waals surface area contributed by atoms with Crippen LogP contribution in [-0.2, 0) is 0 Å². The van der Waals surface area contributed by atoms with Crippen LogP contribution in [0.2, 0.25) is 0 Å². The fourth-order valence-electron chi connectivity index (χ4n) is 2.87. The molecule has 1 amide bonds. The van der Waals surface area contributed by atoms with Crippen molar-refractivity contribution >= 4 is 38.3 Å². The highest BCUT2D eigenvalue weighted by atomic mass is 32.1. The number of aromatic nitrogens is 1. The van der Waals surface area contributed by atoms with Gasteiger partial charge in [-0.2, -0.15) is 0 Å². The Morgan fingerprint density at radius 1 is 1.17 bits per heavy atom. The number of hydrogen-bond donors (Lipinski definition) is 2. The molecule has 0 fully saturated rings. The number of nitrogen functional groups attached to an aromatic ring is 1. The van der Waals surface area contributed by atoms with Crippen LogP contribution in [0, 0.1) is 20.8 Å². The summed E-state index contributed by atoms with van der Waals surface area (Å²) >= 11 is 1.33. The van der Waals surface area contributed by atoms with Gasteiger partial charge in [0.25, 0.3) is 5.91 Å². The largest absolute Gasteiger partial charge is 0.494 e.